The minimum absolute atomic E-state index is 0.0755. The van der Waals surface area contributed by atoms with E-state index >= 15 is 0 Å². The van der Waals surface area contributed by atoms with Gasteiger partial charge < -0.3 is 9.30 Å². The standard InChI is InChI=1S/C29H24N2O5/c1-17-4-8-21(9-5-17)30-18(2)28(19(3)32)24-16-23(12-13-25(24)30)36-29(35)20-6-10-22(11-7-20)31-26(33)14-15-27(31)34/h4-13,16H,14-15H2,1-3H3. The lowest BCUT2D eigenvalue weighted by atomic mass is 10.1. The van der Waals surface area contributed by atoms with Gasteiger partial charge in [0, 0.05) is 35.2 Å². The lowest BCUT2D eigenvalue weighted by molar-refractivity contribution is -0.121. The summed E-state index contributed by atoms with van der Waals surface area (Å²) < 4.78 is 7.64. The first-order chi connectivity index (χ1) is 17.2. The smallest absolute Gasteiger partial charge is 0.343 e. The maximum absolute atomic E-state index is 12.8. The van der Waals surface area contributed by atoms with Crippen LogP contribution in [0, 0.1) is 13.8 Å². The van der Waals surface area contributed by atoms with Crippen molar-refractivity contribution in [3.05, 3.63) is 89.1 Å². The van der Waals surface area contributed by atoms with E-state index in [4.69, 9.17) is 4.74 Å². The van der Waals surface area contributed by atoms with Gasteiger partial charge in [0.05, 0.1) is 16.8 Å². The molecule has 2 amide bonds. The molecule has 1 saturated heterocycles. The molecule has 0 atom stereocenters. The van der Waals surface area contributed by atoms with E-state index < -0.39 is 5.97 Å². The molecule has 7 heteroatoms. The number of amides is 2. The quantitative estimate of drug-likeness (QED) is 0.167. The van der Waals surface area contributed by atoms with E-state index in [1.807, 2.05) is 48.7 Å². The summed E-state index contributed by atoms with van der Waals surface area (Å²) in [6, 6.07) is 19.4. The fourth-order valence-electron chi connectivity index (χ4n) is 4.71. The Balaban J connectivity index is 1.46. The monoisotopic (exact) mass is 480 g/mol. The zero-order valence-electron chi connectivity index (χ0n) is 20.2. The molecule has 180 valence electrons. The highest BCUT2D eigenvalue weighted by Crippen LogP contribution is 2.33. The van der Waals surface area contributed by atoms with Gasteiger partial charge in [-0.1, -0.05) is 17.7 Å². The molecule has 1 aromatic heterocycles. The van der Waals surface area contributed by atoms with Crippen molar-refractivity contribution in [2.75, 3.05) is 4.90 Å². The third-order valence-electron chi connectivity index (χ3n) is 6.44. The molecule has 1 aliphatic heterocycles. The van der Waals surface area contributed by atoms with Crippen molar-refractivity contribution in [2.24, 2.45) is 0 Å². The van der Waals surface area contributed by atoms with Gasteiger partial charge in [-0.15, -0.1) is 0 Å². The van der Waals surface area contributed by atoms with E-state index in [1.54, 1.807) is 24.3 Å². The van der Waals surface area contributed by atoms with Crippen LogP contribution in [0.2, 0.25) is 0 Å². The van der Waals surface area contributed by atoms with E-state index in [1.165, 1.54) is 19.1 Å². The van der Waals surface area contributed by atoms with Crippen LogP contribution in [-0.2, 0) is 9.59 Å². The normalized spacial score (nSPS) is 13.5. The summed E-state index contributed by atoms with van der Waals surface area (Å²) in [5.74, 6) is -0.854. The van der Waals surface area contributed by atoms with Crippen LogP contribution >= 0.6 is 0 Å². The summed E-state index contributed by atoms with van der Waals surface area (Å²) >= 11 is 0. The molecule has 1 fully saturated rings. The number of Topliss-reactive ketones (excluding diaryl/α,β-unsaturated/α-hetero) is 1. The van der Waals surface area contributed by atoms with Gasteiger partial charge in [0.25, 0.3) is 0 Å². The maximum atomic E-state index is 12.8. The third-order valence-corrected chi connectivity index (χ3v) is 6.44. The number of esters is 1. The average Bonchev–Trinajstić information content (AvgIpc) is 3.34. The molecule has 2 heterocycles. The van der Waals surface area contributed by atoms with Crippen molar-refractivity contribution in [3.8, 4) is 11.4 Å². The molecule has 5 rings (SSSR count). The lowest BCUT2D eigenvalue weighted by Crippen LogP contribution is -2.28. The molecule has 0 bridgehead atoms. The topological polar surface area (TPSA) is 85.7 Å². The first-order valence-electron chi connectivity index (χ1n) is 11.7. The molecule has 0 spiro atoms. The second-order valence-electron chi connectivity index (χ2n) is 8.93. The number of nitrogens with zero attached hydrogens (tertiary/aromatic N) is 2. The number of aryl methyl sites for hydroxylation is 1. The molecule has 0 radical (unpaired) electrons. The summed E-state index contributed by atoms with van der Waals surface area (Å²) in [7, 11) is 0. The van der Waals surface area contributed by atoms with Gasteiger partial charge in [-0.3, -0.25) is 19.3 Å². The fraction of sp³-hybridized carbons (Fsp3) is 0.172. The third kappa shape index (κ3) is 3.98. The number of carbonyl (C=O) groups excluding carboxylic acids is 4. The number of anilines is 1. The number of ketones is 1. The van der Waals surface area contributed by atoms with Crippen molar-refractivity contribution < 1.29 is 23.9 Å². The Labute approximate surface area is 207 Å². The Morgan fingerprint density at radius 3 is 2.03 bits per heavy atom. The Morgan fingerprint density at radius 1 is 0.806 bits per heavy atom. The van der Waals surface area contributed by atoms with Gasteiger partial charge in [0.15, 0.2) is 5.78 Å². The number of aromatic nitrogens is 1. The van der Waals surface area contributed by atoms with E-state index in [9.17, 15) is 19.2 Å². The zero-order valence-corrected chi connectivity index (χ0v) is 20.2. The van der Waals surface area contributed by atoms with Gasteiger partial charge in [-0.2, -0.15) is 0 Å². The van der Waals surface area contributed by atoms with Crippen LogP contribution in [0.25, 0.3) is 16.6 Å². The van der Waals surface area contributed by atoms with E-state index in [-0.39, 0.29) is 36.0 Å². The van der Waals surface area contributed by atoms with Crippen molar-refractivity contribution in [2.45, 2.75) is 33.6 Å². The summed E-state index contributed by atoms with van der Waals surface area (Å²) in [6.45, 7) is 5.45. The molecule has 0 aliphatic carbocycles. The van der Waals surface area contributed by atoms with Gasteiger partial charge in [-0.25, -0.2) is 4.79 Å². The molecule has 1 aliphatic rings. The summed E-state index contributed by atoms with van der Waals surface area (Å²) in [5.41, 5.74) is 5.01. The predicted molar refractivity (Wildman–Crippen MR) is 136 cm³/mol. The molecule has 0 N–H and O–H groups in total. The van der Waals surface area contributed by atoms with Crippen molar-refractivity contribution >= 4 is 40.2 Å². The maximum Gasteiger partial charge on any atom is 0.343 e. The van der Waals surface area contributed by atoms with Gasteiger partial charge in [0.2, 0.25) is 11.8 Å². The molecule has 0 unspecified atom stereocenters. The Hall–Kier alpha value is -4.52. The van der Waals surface area contributed by atoms with Crippen LogP contribution in [0.1, 0.15) is 51.7 Å². The number of rotatable bonds is 5. The summed E-state index contributed by atoms with van der Waals surface area (Å²) in [5, 5.41) is 0.701. The van der Waals surface area contributed by atoms with Gasteiger partial charge in [0.1, 0.15) is 5.75 Å². The minimum atomic E-state index is -0.584. The van der Waals surface area contributed by atoms with Crippen LogP contribution in [0.15, 0.2) is 66.7 Å². The predicted octanol–water partition coefficient (Wildman–Crippen LogP) is 5.32. The highest BCUT2D eigenvalue weighted by atomic mass is 16.5. The minimum Gasteiger partial charge on any atom is -0.423 e. The Kier molecular flexibility index (Phi) is 5.76. The second kappa shape index (κ2) is 8.92. The number of benzene rings is 3. The number of imide groups is 1. The first-order valence-corrected chi connectivity index (χ1v) is 11.7. The molecule has 3 aromatic carbocycles. The van der Waals surface area contributed by atoms with Crippen LogP contribution in [-0.4, -0.2) is 28.1 Å². The van der Waals surface area contributed by atoms with Crippen LogP contribution in [0.4, 0.5) is 5.69 Å². The number of carbonyl (C=O) groups is 4. The van der Waals surface area contributed by atoms with Gasteiger partial charge >= 0.3 is 5.97 Å². The molecule has 7 nitrogen and oxygen atoms in total. The summed E-state index contributed by atoms with van der Waals surface area (Å²) in [6.07, 6.45) is 0.386. The molecule has 36 heavy (non-hydrogen) atoms. The molecule has 4 aromatic rings. The second-order valence-corrected chi connectivity index (χ2v) is 8.93. The van der Waals surface area contributed by atoms with Crippen LogP contribution in [0.3, 0.4) is 0 Å². The fourth-order valence-corrected chi connectivity index (χ4v) is 4.71. The largest absolute Gasteiger partial charge is 0.423 e. The molecule has 0 saturated carbocycles. The SMILES string of the molecule is CC(=O)c1c(C)n(-c2ccc(C)cc2)c2ccc(OC(=O)c3ccc(N4C(=O)CCC4=O)cc3)cc12. The molecular formula is C29H24N2O5. The number of hydrogen-bond donors (Lipinski definition) is 0. The summed E-state index contributed by atoms with van der Waals surface area (Å²) in [4.78, 5) is 50.4. The first kappa shape index (κ1) is 23.2. The highest BCUT2D eigenvalue weighted by Gasteiger charge is 2.30. The van der Waals surface area contributed by atoms with E-state index in [0.29, 0.717) is 22.4 Å². The molecular weight excluding hydrogens is 456 g/mol. The van der Waals surface area contributed by atoms with Gasteiger partial charge in [-0.05, 0) is 75.4 Å². The van der Waals surface area contributed by atoms with Crippen LogP contribution in [0.5, 0.6) is 5.75 Å². The van der Waals surface area contributed by atoms with Crippen molar-refractivity contribution in [3.63, 3.8) is 0 Å². The van der Waals surface area contributed by atoms with E-state index in [2.05, 4.69) is 0 Å². The van der Waals surface area contributed by atoms with Crippen molar-refractivity contribution in [1.29, 1.82) is 0 Å². The van der Waals surface area contributed by atoms with Crippen molar-refractivity contribution in [1.82, 2.24) is 4.57 Å². The number of ether oxygens (including phenoxy) is 1. The lowest BCUT2D eigenvalue weighted by Gasteiger charge is -2.14. The van der Waals surface area contributed by atoms with E-state index in [0.717, 1.165) is 27.4 Å². The zero-order chi connectivity index (χ0) is 25.6. The Morgan fingerprint density at radius 2 is 1.42 bits per heavy atom. The number of hydrogen-bond acceptors (Lipinski definition) is 5. The Bertz CT molecular complexity index is 1530. The number of fused-ring (bicyclic) bond motifs is 1. The average molecular weight is 481 g/mol. The van der Waals surface area contributed by atoms with Crippen LogP contribution < -0.4 is 9.64 Å². The highest BCUT2D eigenvalue weighted by molar-refractivity contribution is 6.19.